The molecule has 1 N–H and O–H groups in total. The molecule has 5 nitrogen and oxygen atoms in total. The first-order valence-corrected chi connectivity index (χ1v) is 9.90. The molecule has 184 valence electrons. The third-order valence-electron chi connectivity index (χ3n) is 4.59. The molecule has 0 unspecified atom stereocenters. The van der Waals surface area contributed by atoms with Crippen LogP contribution in [-0.2, 0) is 28.6 Å². The van der Waals surface area contributed by atoms with Crippen molar-refractivity contribution in [1.82, 2.24) is 0 Å². The van der Waals surface area contributed by atoms with Gasteiger partial charge in [0.1, 0.15) is 12.4 Å². The van der Waals surface area contributed by atoms with Gasteiger partial charge in [0.15, 0.2) is 0 Å². The van der Waals surface area contributed by atoms with Gasteiger partial charge in [0.05, 0.1) is 17.3 Å². The highest BCUT2D eigenvalue weighted by atomic mass is 19.4. The molecular weight excluding hydrogens is 480 g/mol. The van der Waals surface area contributed by atoms with E-state index in [0.29, 0.717) is 17.7 Å². The molecule has 0 saturated heterocycles. The Kier molecular flexibility index (Phi) is 7.68. The molecule has 0 spiro atoms. The number of nitrogens with zero attached hydrogens (tertiary/aromatic N) is 1. The summed E-state index contributed by atoms with van der Waals surface area (Å²) in [5.41, 5.74) is -0.924. The third-order valence-corrected chi connectivity index (χ3v) is 4.59. The largest absolute Gasteiger partial charge is 0.489 e. The van der Waals surface area contributed by atoms with Gasteiger partial charge in [0, 0.05) is 0 Å². The number of ether oxygens (including phenoxy) is 1. The number of carboxylic acid groups (broad SMARTS) is 1. The smallest absolute Gasteiger partial charge is 0.416 e. The van der Waals surface area contributed by atoms with Gasteiger partial charge in [0.2, 0.25) is 6.61 Å². The van der Waals surface area contributed by atoms with Crippen molar-refractivity contribution < 1.29 is 45.8 Å². The summed E-state index contributed by atoms with van der Waals surface area (Å²) in [7, 11) is 0. The molecule has 0 fully saturated rings. The van der Waals surface area contributed by atoms with E-state index in [-0.39, 0.29) is 17.4 Å². The Bertz CT molecular complexity index is 1170. The standard InChI is InChI=1S/C24H17F6NO4/c25-23(26,27)19-9-16(10-20(11-19)24(28,29)30)13-34-21-6-4-17(5-7-21)18-3-1-2-15(8-18)12-31-35-14-22(32)33/h1-12H,13-14H2,(H,32,33). The van der Waals surface area contributed by atoms with E-state index in [1.165, 1.54) is 18.3 Å². The van der Waals surface area contributed by atoms with E-state index in [1.807, 2.05) is 0 Å². The molecule has 0 amide bonds. The maximum Gasteiger partial charge on any atom is 0.416 e. The van der Waals surface area contributed by atoms with E-state index < -0.39 is 42.7 Å². The molecule has 35 heavy (non-hydrogen) atoms. The Labute approximate surface area is 195 Å². The van der Waals surface area contributed by atoms with Crippen molar-refractivity contribution in [1.29, 1.82) is 0 Å². The fraction of sp³-hybridized carbons (Fsp3) is 0.167. The van der Waals surface area contributed by atoms with E-state index in [1.54, 1.807) is 36.4 Å². The van der Waals surface area contributed by atoms with Crippen molar-refractivity contribution in [3.05, 3.63) is 89.0 Å². The minimum atomic E-state index is -4.93. The van der Waals surface area contributed by atoms with Gasteiger partial charge in [0.25, 0.3) is 0 Å². The zero-order valence-corrected chi connectivity index (χ0v) is 17.7. The van der Waals surface area contributed by atoms with Crippen LogP contribution in [0.15, 0.2) is 71.9 Å². The van der Waals surface area contributed by atoms with Crippen LogP contribution < -0.4 is 4.74 Å². The van der Waals surface area contributed by atoms with Gasteiger partial charge < -0.3 is 14.7 Å². The monoisotopic (exact) mass is 497 g/mol. The van der Waals surface area contributed by atoms with E-state index in [4.69, 9.17) is 9.84 Å². The van der Waals surface area contributed by atoms with Crippen LogP contribution in [0.2, 0.25) is 0 Å². The molecule has 0 aliphatic rings. The quantitative estimate of drug-likeness (QED) is 0.222. The van der Waals surface area contributed by atoms with Crippen LogP contribution in [0, 0.1) is 0 Å². The highest BCUT2D eigenvalue weighted by Crippen LogP contribution is 2.36. The van der Waals surface area contributed by atoms with Gasteiger partial charge in [-0.05, 0) is 58.7 Å². The van der Waals surface area contributed by atoms with Gasteiger partial charge in [-0.25, -0.2) is 4.79 Å². The van der Waals surface area contributed by atoms with Crippen LogP contribution in [0.5, 0.6) is 5.75 Å². The van der Waals surface area contributed by atoms with E-state index in [0.717, 1.165) is 11.1 Å². The Morgan fingerprint density at radius 3 is 2.06 bits per heavy atom. The Morgan fingerprint density at radius 1 is 0.857 bits per heavy atom. The molecule has 0 bridgehead atoms. The number of hydrogen-bond donors (Lipinski definition) is 1. The van der Waals surface area contributed by atoms with E-state index in [2.05, 4.69) is 9.99 Å². The summed E-state index contributed by atoms with van der Waals surface area (Å²) in [6.07, 6.45) is -8.52. The Hall–Kier alpha value is -4.02. The predicted molar refractivity (Wildman–Crippen MR) is 114 cm³/mol. The SMILES string of the molecule is O=C(O)CON=Cc1cccc(-c2ccc(OCc3cc(C(F)(F)F)cc(C(F)(F)F)c3)cc2)c1. The van der Waals surface area contributed by atoms with Crippen molar-refractivity contribution in [2.24, 2.45) is 5.16 Å². The molecule has 11 heteroatoms. The lowest BCUT2D eigenvalue weighted by Crippen LogP contribution is -2.12. The molecule has 0 aliphatic carbocycles. The number of hydrogen-bond acceptors (Lipinski definition) is 4. The molecule has 0 heterocycles. The van der Waals surface area contributed by atoms with Crippen LogP contribution in [0.4, 0.5) is 26.3 Å². The molecule has 0 aromatic heterocycles. The van der Waals surface area contributed by atoms with Gasteiger partial charge in [-0.2, -0.15) is 26.3 Å². The maximum atomic E-state index is 13.0. The highest BCUT2D eigenvalue weighted by molar-refractivity contribution is 5.82. The summed E-state index contributed by atoms with van der Waals surface area (Å²) in [5, 5.41) is 12.1. The number of halogens is 6. The second-order valence-electron chi connectivity index (χ2n) is 7.25. The van der Waals surface area contributed by atoms with Crippen LogP contribution in [0.1, 0.15) is 22.3 Å². The fourth-order valence-electron chi connectivity index (χ4n) is 3.00. The number of alkyl halides is 6. The molecule has 0 saturated carbocycles. The normalized spacial score (nSPS) is 12.1. The first-order chi connectivity index (χ1) is 16.4. The zero-order chi connectivity index (χ0) is 25.6. The predicted octanol–water partition coefficient (Wildman–Crippen LogP) is 6.41. The van der Waals surface area contributed by atoms with Gasteiger partial charge in [-0.15, -0.1) is 0 Å². The lowest BCUT2D eigenvalue weighted by atomic mass is 10.0. The summed E-state index contributed by atoms with van der Waals surface area (Å²) in [6.45, 7) is -1.07. The first-order valence-electron chi connectivity index (χ1n) is 9.90. The minimum absolute atomic E-state index is 0.0649. The summed E-state index contributed by atoms with van der Waals surface area (Å²) in [5.74, 6) is -0.911. The summed E-state index contributed by atoms with van der Waals surface area (Å²) in [6, 6.07) is 14.7. The van der Waals surface area contributed by atoms with Crippen LogP contribution >= 0.6 is 0 Å². The lowest BCUT2D eigenvalue weighted by Gasteiger charge is -2.15. The molecule has 3 aromatic rings. The van der Waals surface area contributed by atoms with Crippen molar-refractivity contribution in [3.63, 3.8) is 0 Å². The third kappa shape index (κ3) is 7.49. The summed E-state index contributed by atoms with van der Waals surface area (Å²) >= 11 is 0. The molecular formula is C24H17F6NO4. The van der Waals surface area contributed by atoms with Gasteiger partial charge in [-0.1, -0.05) is 35.5 Å². The number of aliphatic carboxylic acids is 1. The molecule has 3 aromatic carbocycles. The number of rotatable bonds is 8. The van der Waals surface area contributed by atoms with Crippen molar-refractivity contribution in [2.45, 2.75) is 19.0 Å². The first kappa shape index (κ1) is 25.6. The second-order valence-corrected chi connectivity index (χ2v) is 7.25. The van der Waals surface area contributed by atoms with E-state index >= 15 is 0 Å². The van der Waals surface area contributed by atoms with Crippen molar-refractivity contribution in [3.8, 4) is 16.9 Å². The molecule has 0 aliphatic heterocycles. The summed E-state index contributed by atoms with van der Waals surface area (Å²) < 4.78 is 83.4. The van der Waals surface area contributed by atoms with Gasteiger partial charge in [-0.3, -0.25) is 0 Å². The van der Waals surface area contributed by atoms with Crippen molar-refractivity contribution in [2.75, 3.05) is 6.61 Å². The van der Waals surface area contributed by atoms with Crippen LogP contribution in [0.25, 0.3) is 11.1 Å². The number of carboxylic acids is 1. The maximum absolute atomic E-state index is 13.0. The van der Waals surface area contributed by atoms with Gasteiger partial charge >= 0.3 is 18.3 Å². The average Bonchev–Trinajstić information content (AvgIpc) is 2.80. The average molecular weight is 497 g/mol. The number of carbonyl (C=O) groups is 1. The lowest BCUT2D eigenvalue weighted by molar-refractivity contribution is -0.144. The van der Waals surface area contributed by atoms with Crippen molar-refractivity contribution >= 4 is 12.2 Å². The Balaban J connectivity index is 1.71. The Morgan fingerprint density at radius 2 is 1.49 bits per heavy atom. The number of oxime groups is 1. The summed E-state index contributed by atoms with van der Waals surface area (Å²) in [4.78, 5) is 15.0. The second kappa shape index (κ2) is 10.5. The topological polar surface area (TPSA) is 68.1 Å². The minimum Gasteiger partial charge on any atom is -0.489 e. The van der Waals surface area contributed by atoms with Crippen LogP contribution in [-0.4, -0.2) is 23.9 Å². The molecule has 0 atom stereocenters. The van der Waals surface area contributed by atoms with E-state index in [9.17, 15) is 31.1 Å². The number of benzene rings is 3. The van der Waals surface area contributed by atoms with Crippen LogP contribution in [0.3, 0.4) is 0 Å². The fourth-order valence-corrected chi connectivity index (χ4v) is 3.00. The zero-order valence-electron chi connectivity index (χ0n) is 17.7. The molecule has 3 rings (SSSR count). The molecule has 0 radical (unpaired) electrons. The highest BCUT2D eigenvalue weighted by Gasteiger charge is 2.36.